The molecule has 7 heteroatoms. The first-order valence-corrected chi connectivity index (χ1v) is 5.13. The summed E-state index contributed by atoms with van der Waals surface area (Å²) in [5.74, 6) is -1.36. The van der Waals surface area contributed by atoms with E-state index in [-0.39, 0.29) is 5.56 Å². The molecule has 1 aromatic carbocycles. The molecule has 0 heterocycles. The van der Waals surface area contributed by atoms with Gasteiger partial charge in [-0.2, -0.15) is 13.2 Å². The summed E-state index contributed by atoms with van der Waals surface area (Å²) in [7, 11) is 0. The molecule has 3 nitrogen and oxygen atoms in total. The van der Waals surface area contributed by atoms with Crippen LogP contribution in [0.1, 0.15) is 24.0 Å². The molecule has 1 aliphatic carbocycles. The van der Waals surface area contributed by atoms with E-state index >= 15 is 0 Å². The third kappa shape index (κ3) is 2.25. The minimum absolute atomic E-state index is 0.138. The Bertz CT molecular complexity index is 494. The summed E-state index contributed by atoms with van der Waals surface area (Å²) in [6.07, 6.45) is -5.30. The number of benzene rings is 1. The molecule has 2 N–H and O–H groups in total. The monoisotopic (exact) mass is 263 g/mol. The highest BCUT2D eigenvalue weighted by molar-refractivity contribution is 5.67. The van der Waals surface area contributed by atoms with E-state index in [9.17, 15) is 22.4 Å². The quantitative estimate of drug-likeness (QED) is 0.805. The number of nitrogens with one attached hydrogen (secondary N) is 1. The van der Waals surface area contributed by atoms with E-state index in [2.05, 4.69) is 5.32 Å². The van der Waals surface area contributed by atoms with Gasteiger partial charge in [-0.05, 0) is 30.5 Å². The van der Waals surface area contributed by atoms with Gasteiger partial charge in [0, 0.05) is 0 Å². The number of hydrogen-bond donors (Lipinski definition) is 2. The van der Waals surface area contributed by atoms with Crippen molar-refractivity contribution in [3.63, 3.8) is 0 Å². The Balaban J connectivity index is 2.39. The number of amides is 1. The fraction of sp³-hybridized carbons (Fsp3) is 0.364. The molecule has 0 aromatic heterocycles. The highest BCUT2D eigenvalue weighted by atomic mass is 19.4. The molecule has 1 aromatic rings. The molecule has 0 spiro atoms. The summed E-state index contributed by atoms with van der Waals surface area (Å²) in [5, 5.41) is 10.8. The number of alkyl halides is 3. The lowest BCUT2D eigenvalue weighted by molar-refractivity contribution is -0.140. The summed E-state index contributed by atoms with van der Waals surface area (Å²) >= 11 is 0. The fourth-order valence-electron chi connectivity index (χ4n) is 1.86. The first-order chi connectivity index (χ1) is 8.24. The second kappa shape index (κ2) is 3.86. The Morgan fingerprint density at radius 3 is 2.39 bits per heavy atom. The molecular weight excluding hydrogens is 254 g/mol. The Morgan fingerprint density at radius 2 is 1.94 bits per heavy atom. The maximum atomic E-state index is 13.1. The molecule has 0 radical (unpaired) electrons. The largest absolute Gasteiger partial charge is 0.465 e. The van der Waals surface area contributed by atoms with Crippen LogP contribution in [0.15, 0.2) is 18.2 Å². The van der Waals surface area contributed by atoms with Crippen LogP contribution in [0.4, 0.5) is 22.4 Å². The van der Waals surface area contributed by atoms with Crippen LogP contribution in [0.3, 0.4) is 0 Å². The van der Waals surface area contributed by atoms with Crippen LogP contribution in [0.5, 0.6) is 0 Å². The van der Waals surface area contributed by atoms with Crippen LogP contribution in [0.2, 0.25) is 0 Å². The first kappa shape index (κ1) is 12.7. The van der Waals surface area contributed by atoms with Crippen LogP contribution in [0, 0.1) is 5.82 Å². The van der Waals surface area contributed by atoms with Crippen molar-refractivity contribution < 1.29 is 27.5 Å². The van der Waals surface area contributed by atoms with Crippen molar-refractivity contribution in [2.45, 2.75) is 24.6 Å². The Kier molecular flexibility index (Phi) is 2.71. The van der Waals surface area contributed by atoms with Gasteiger partial charge in [-0.25, -0.2) is 9.18 Å². The minimum atomic E-state index is -4.79. The van der Waals surface area contributed by atoms with E-state index < -0.39 is 29.2 Å². The van der Waals surface area contributed by atoms with Gasteiger partial charge >= 0.3 is 12.3 Å². The van der Waals surface area contributed by atoms with Crippen LogP contribution in [0.25, 0.3) is 0 Å². The second-order valence-corrected chi connectivity index (χ2v) is 4.20. The molecule has 2 rings (SSSR count). The number of carbonyl (C=O) groups is 1. The van der Waals surface area contributed by atoms with Crippen molar-refractivity contribution in [3.05, 3.63) is 35.1 Å². The molecule has 1 amide bonds. The van der Waals surface area contributed by atoms with Crippen LogP contribution in [-0.2, 0) is 11.7 Å². The number of carboxylic acid groups (broad SMARTS) is 1. The number of rotatable bonds is 2. The van der Waals surface area contributed by atoms with E-state index in [1.54, 1.807) is 0 Å². The number of halogens is 4. The third-order valence-electron chi connectivity index (χ3n) is 2.92. The SMILES string of the molecule is O=C(O)NC1(c2ccc(F)c(C(F)(F)F)c2)CC1. The molecule has 18 heavy (non-hydrogen) atoms. The van der Waals surface area contributed by atoms with Crippen molar-refractivity contribution in [1.29, 1.82) is 0 Å². The second-order valence-electron chi connectivity index (χ2n) is 4.20. The molecule has 98 valence electrons. The van der Waals surface area contributed by atoms with Crippen molar-refractivity contribution in [3.8, 4) is 0 Å². The van der Waals surface area contributed by atoms with Gasteiger partial charge < -0.3 is 10.4 Å². The molecule has 1 aliphatic rings. The summed E-state index contributed by atoms with van der Waals surface area (Å²) in [6, 6.07) is 2.55. The average Bonchev–Trinajstić information content (AvgIpc) is 2.96. The van der Waals surface area contributed by atoms with E-state index in [1.165, 1.54) is 6.07 Å². The lowest BCUT2D eigenvalue weighted by atomic mass is 10.0. The van der Waals surface area contributed by atoms with Gasteiger partial charge in [0.15, 0.2) is 0 Å². The van der Waals surface area contributed by atoms with Gasteiger partial charge in [0.1, 0.15) is 5.82 Å². The van der Waals surface area contributed by atoms with E-state index in [1.807, 2.05) is 0 Å². The summed E-state index contributed by atoms with van der Waals surface area (Å²) in [4.78, 5) is 10.6. The molecule has 1 saturated carbocycles. The van der Waals surface area contributed by atoms with E-state index in [4.69, 9.17) is 5.11 Å². The van der Waals surface area contributed by atoms with Crippen LogP contribution < -0.4 is 5.32 Å². The lowest BCUT2D eigenvalue weighted by Crippen LogP contribution is -2.33. The van der Waals surface area contributed by atoms with Crippen LogP contribution in [-0.4, -0.2) is 11.2 Å². The maximum absolute atomic E-state index is 13.1. The minimum Gasteiger partial charge on any atom is -0.465 e. The van der Waals surface area contributed by atoms with Crippen molar-refractivity contribution >= 4 is 6.09 Å². The highest BCUT2D eigenvalue weighted by Crippen LogP contribution is 2.46. The molecule has 0 saturated heterocycles. The molecular formula is C11H9F4NO2. The standard InChI is InChI=1S/C11H9F4NO2/c12-8-2-1-6(5-7(8)11(13,14)15)10(3-4-10)16-9(17)18/h1-2,5,16H,3-4H2,(H,17,18). The molecule has 0 bridgehead atoms. The molecule has 0 aliphatic heterocycles. The number of hydrogen-bond acceptors (Lipinski definition) is 1. The van der Waals surface area contributed by atoms with Gasteiger partial charge in [-0.3, -0.25) is 0 Å². The summed E-state index contributed by atoms with van der Waals surface area (Å²) < 4.78 is 50.6. The Hall–Kier alpha value is -1.79. The smallest absolute Gasteiger partial charge is 0.419 e. The maximum Gasteiger partial charge on any atom is 0.419 e. The Morgan fingerprint density at radius 1 is 1.33 bits per heavy atom. The normalized spacial score (nSPS) is 17.3. The van der Waals surface area contributed by atoms with Gasteiger partial charge in [-0.15, -0.1) is 0 Å². The highest BCUT2D eigenvalue weighted by Gasteiger charge is 2.47. The topological polar surface area (TPSA) is 49.3 Å². The van der Waals surface area contributed by atoms with Gasteiger partial charge in [0.25, 0.3) is 0 Å². The predicted octanol–water partition coefficient (Wildman–Crippen LogP) is 3.10. The zero-order valence-electron chi connectivity index (χ0n) is 9.01. The summed E-state index contributed by atoms with van der Waals surface area (Å²) in [5.41, 5.74) is -2.24. The molecule has 0 unspecified atom stereocenters. The Labute approximate surface area is 99.4 Å². The predicted molar refractivity (Wildman–Crippen MR) is 53.5 cm³/mol. The van der Waals surface area contributed by atoms with E-state index in [0.29, 0.717) is 25.0 Å². The summed E-state index contributed by atoms with van der Waals surface area (Å²) in [6.45, 7) is 0. The zero-order valence-corrected chi connectivity index (χ0v) is 9.01. The van der Waals surface area contributed by atoms with Gasteiger partial charge in [0.2, 0.25) is 0 Å². The fourth-order valence-corrected chi connectivity index (χ4v) is 1.86. The lowest BCUT2D eigenvalue weighted by Gasteiger charge is -2.17. The zero-order chi connectivity index (χ0) is 13.6. The van der Waals surface area contributed by atoms with Crippen LogP contribution >= 0.6 is 0 Å². The van der Waals surface area contributed by atoms with Crippen molar-refractivity contribution in [1.82, 2.24) is 5.32 Å². The molecule has 1 fully saturated rings. The van der Waals surface area contributed by atoms with E-state index in [0.717, 1.165) is 0 Å². The van der Waals surface area contributed by atoms with Crippen molar-refractivity contribution in [2.75, 3.05) is 0 Å². The average molecular weight is 263 g/mol. The van der Waals surface area contributed by atoms with Crippen molar-refractivity contribution in [2.24, 2.45) is 0 Å². The van der Waals surface area contributed by atoms with Gasteiger partial charge in [0.05, 0.1) is 11.1 Å². The third-order valence-corrected chi connectivity index (χ3v) is 2.92. The molecule has 0 atom stereocenters. The first-order valence-electron chi connectivity index (χ1n) is 5.13. The van der Waals surface area contributed by atoms with Gasteiger partial charge in [-0.1, -0.05) is 6.07 Å².